The second kappa shape index (κ2) is 6.88. The number of rotatable bonds is 5. The van der Waals surface area contributed by atoms with Gasteiger partial charge in [-0.05, 0) is 36.3 Å². The van der Waals surface area contributed by atoms with Crippen molar-refractivity contribution in [3.05, 3.63) is 53.8 Å². The Bertz CT molecular complexity index is 731. The summed E-state index contributed by atoms with van der Waals surface area (Å²) >= 11 is 0. The lowest BCUT2D eigenvalue weighted by Gasteiger charge is -2.32. The molecule has 0 heterocycles. The quantitative estimate of drug-likeness (QED) is 0.343. The highest BCUT2D eigenvalue weighted by molar-refractivity contribution is 7.50. The molecule has 9 heteroatoms. The van der Waals surface area contributed by atoms with Crippen LogP contribution in [0.1, 0.15) is 12.0 Å². The Morgan fingerprint density at radius 1 is 1.12 bits per heavy atom. The van der Waals surface area contributed by atoms with Crippen LogP contribution < -0.4 is 0 Å². The lowest BCUT2D eigenvalue weighted by Crippen LogP contribution is -2.44. The van der Waals surface area contributed by atoms with Crippen LogP contribution in [0, 0.1) is 5.92 Å². The number of phenols is 1. The minimum Gasteiger partial charge on any atom is -0.511 e. The van der Waals surface area contributed by atoms with E-state index in [1.807, 2.05) is 0 Å². The van der Waals surface area contributed by atoms with Gasteiger partial charge in [0.25, 0.3) is 0 Å². The third-order valence-corrected chi connectivity index (χ3v) is 4.04. The molecule has 130 valence electrons. The molecular weight excluding hydrogens is 337 g/mol. The monoisotopic (exact) mass is 355 g/mol. The van der Waals surface area contributed by atoms with Gasteiger partial charge in [-0.25, -0.2) is 4.57 Å². The van der Waals surface area contributed by atoms with E-state index in [-0.39, 0.29) is 24.3 Å². The Hall–Kier alpha value is -1.96. The van der Waals surface area contributed by atoms with Crippen LogP contribution in [0.5, 0.6) is 5.75 Å². The second-order valence-electron chi connectivity index (χ2n) is 5.47. The molecule has 0 bridgehead atoms. The van der Waals surface area contributed by atoms with Gasteiger partial charge in [0.05, 0.1) is 5.71 Å². The summed E-state index contributed by atoms with van der Waals surface area (Å²) in [6.45, 7) is 0. The number of allylic oxidation sites excluding steroid dienone is 3. The first kappa shape index (κ1) is 18.4. The smallest absolute Gasteiger partial charge is 0.448 e. The number of hydrogen-bond donors (Lipinski definition) is 6. The van der Waals surface area contributed by atoms with Gasteiger partial charge in [-0.1, -0.05) is 18.2 Å². The summed E-state index contributed by atoms with van der Waals surface area (Å²) in [6.07, 6.45) is 3.67. The Balaban J connectivity index is 2.22. The fraction of sp³-hybridized carbons (Fsp3) is 0.267. The van der Waals surface area contributed by atoms with E-state index in [1.54, 1.807) is 12.1 Å². The van der Waals surface area contributed by atoms with E-state index in [9.17, 15) is 25.0 Å². The number of phenolic OH excluding ortho intramolecular Hbond substituents is 1. The summed E-state index contributed by atoms with van der Waals surface area (Å²) in [7, 11) is -4.80. The van der Waals surface area contributed by atoms with Gasteiger partial charge in [-0.3, -0.25) is 0 Å². The zero-order chi connectivity index (χ0) is 18.0. The van der Waals surface area contributed by atoms with E-state index in [2.05, 4.69) is 4.76 Å². The lowest BCUT2D eigenvalue weighted by atomic mass is 9.85. The molecule has 0 spiro atoms. The molecule has 1 aliphatic rings. The summed E-state index contributed by atoms with van der Waals surface area (Å²) in [5, 5.41) is 39.8. The van der Waals surface area contributed by atoms with Crippen LogP contribution >= 0.6 is 7.75 Å². The third kappa shape index (κ3) is 4.77. The molecule has 1 aromatic rings. The predicted octanol–water partition coefficient (Wildman–Crippen LogP) is 1.17. The molecule has 24 heavy (non-hydrogen) atoms. The summed E-state index contributed by atoms with van der Waals surface area (Å²) in [6, 6.07) is 6.11. The van der Waals surface area contributed by atoms with E-state index in [0.29, 0.717) is 5.56 Å². The SMILES string of the molecule is O=P(O)(O)N=C1C=CC=C(O)C1C(O)(O)CCc1ccc(O)cc1. The van der Waals surface area contributed by atoms with Crippen LogP contribution in [-0.4, -0.2) is 41.7 Å². The minimum atomic E-state index is -4.80. The van der Waals surface area contributed by atoms with Crippen molar-refractivity contribution in [3.63, 3.8) is 0 Å². The van der Waals surface area contributed by atoms with Crippen LogP contribution in [0.25, 0.3) is 0 Å². The molecule has 1 aromatic carbocycles. The van der Waals surface area contributed by atoms with Crippen molar-refractivity contribution < 1.29 is 34.8 Å². The molecule has 6 N–H and O–H groups in total. The zero-order valence-electron chi connectivity index (χ0n) is 12.5. The number of aromatic hydroxyl groups is 1. The van der Waals surface area contributed by atoms with Crippen molar-refractivity contribution in [2.75, 3.05) is 0 Å². The third-order valence-electron chi connectivity index (χ3n) is 3.55. The Morgan fingerprint density at radius 3 is 2.33 bits per heavy atom. The Kier molecular flexibility index (Phi) is 5.27. The number of aliphatic hydroxyl groups is 3. The maximum absolute atomic E-state index is 11.1. The van der Waals surface area contributed by atoms with E-state index in [0.717, 1.165) is 0 Å². The maximum atomic E-state index is 11.1. The van der Waals surface area contributed by atoms with Crippen LogP contribution in [0.4, 0.5) is 0 Å². The van der Waals surface area contributed by atoms with E-state index < -0.39 is 25.2 Å². The average Bonchev–Trinajstić information content (AvgIpc) is 2.45. The van der Waals surface area contributed by atoms with Gasteiger partial charge in [-0.2, -0.15) is 4.76 Å². The normalized spacial score (nSPS) is 20.2. The van der Waals surface area contributed by atoms with Gasteiger partial charge >= 0.3 is 7.75 Å². The van der Waals surface area contributed by atoms with Gasteiger partial charge in [0.2, 0.25) is 0 Å². The molecule has 0 saturated carbocycles. The highest BCUT2D eigenvalue weighted by Gasteiger charge is 2.41. The first-order valence-electron chi connectivity index (χ1n) is 7.04. The number of hydrogen-bond acceptors (Lipinski definition) is 5. The molecule has 8 nitrogen and oxygen atoms in total. The summed E-state index contributed by atoms with van der Waals surface area (Å²) in [4.78, 5) is 18.0. The van der Waals surface area contributed by atoms with Crippen molar-refractivity contribution in [3.8, 4) is 5.75 Å². The molecule has 1 atom stereocenters. The van der Waals surface area contributed by atoms with E-state index in [4.69, 9.17) is 9.79 Å². The first-order valence-corrected chi connectivity index (χ1v) is 8.60. The van der Waals surface area contributed by atoms with Crippen molar-refractivity contribution in [2.24, 2.45) is 10.7 Å². The number of aryl methyl sites for hydroxylation is 1. The molecular formula is C15H18NO7P. The van der Waals surface area contributed by atoms with Crippen molar-refractivity contribution in [2.45, 2.75) is 18.6 Å². The molecule has 0 amide bonds. The topological polar surface area (TPSA) is 151 Å². The highest BCUT2D eigenvalue weighted by Crippen LogP contribution is 2.40. The second-order valence-corrected chi connectivity index (χ2v) is 6.69. The zero-order valence-corrected chi connectivity index (χ0v) is 13.4. The van der Waals surface area contributed by atoms with Crippen LogP contribution in [-0.2, 0) is 11.0 Å². The molecule has 0 fully saturated rings. The average molecular weight is 355 g/mol. The fourth-order valence-electron chi connectivity index (χ4n) is 2.44. The van der Waals surface area contributed by atoms with Crippen molar-refractivity contribution in [1.29, 1.82) is 0 Å². The largest absolute Gasteiger partial charge is 0.511 e. The van der Waals surface area contributed by atoms with E-state index >= 15 is 0 Å². The van der Waals surface area contributed by atoms with E-state index in [1.165, 1.54) is 30.4 Å². The predicted molar refractivity (Wildman–Crippen MR) is 86.4 cm³/mol. The molecule has 0 aromatic heterocycles. The Morgan fingerprint density at radius 2 is 1.75 bits per heavy atom. The highest BCUT2D eigenvalue weighted by atomic mass is 31.2. The van der Waals surface area contributed by atoms with Crippen molar-refractivity contribution in [1.82, 2.24) is 0 Å². The molecule has 0 radical (unpaired) electrons. The van der Waals surface area contributed by atoms with Gasteiger partial charge in [-0.15, -0.1) is 0 Å². The lowest BCUT2D eigenvalue weighted by molar-refractivity contribution is -0.185. The fourth-order valence-corrected chi connectivity index (χ4v) is 2.92. The number of nitrogens with zero attached hydrogens (tertiary/aromatic N) is 1. The van der Waals surface area contributed by atoms with Crippen LogP contribution in [0.3, 0.4) is 0 Å². The summed E-state index contributed by atoms with van der Waals surface area (Å²) in [5.74, 6) is -4.34. The summed E-state index contributed by atoms with van der Waals surface area (Å²) in [5.41, 5.74) is 0.391. The Labute approximate surface area is 138 Å². The molecule has 0 saturated heterocycles. The maximum Gasteiger partial charge on any atom is 0.448 e. The van der Waals surface area contributed by atoms with Gasteiger partial charge < -0.3 is 30.2 Å². The van der Waals surface area contributed by atoms with Crippen LogP contribution in [0.15, 0.2) is 53.0 Å². The van der Waals surface area contributed by atoms with Gasteiger partial charge in [0.15, 0.2) is 5.79 Å². The first-order chi connectivity index (χ1) is 11.1. The van der Waals surface area contributed by atoms with Gasteiger partial charge in [0.1, 0.15) is 17.4 Å². The standard InChI is InChI=1S/C15H18NO7P/c17-11-6-4-10(5-7-11)8-9-15(19,20)14-12(16-24(21,22)23)2-1-3-13(14)18/h1-7,14,17-20H,8-9H2,(H2,21,22,23). The number of benzene rings is 1. The molecule has 2 rings (SSSR count). The van der Waals surface area contributed by atoms with Gasteiger partial charge in [0, 0.05) is 6.42 Å². The van der Waals surface area contributed by atoms with Crippen molar-refractivity contribution >= 4 is 13.5 Å². The minimum absolute atomic E-state index is 0.0760. The molecule has 0 aliphatic heterocycles. The van der Waals surface area contributed by atoms with Crippen LogP contribution in [0.2, 0.25) is 0 Å². The molecule has 1 aliphatic carbocycles. The molecule has 1 unspecified atom stereocenters. The number of aliphatic hydroxyl groups excluding tert-OH is 1. The summed E-state index contributed by atoms with van der Waals surface area (Å²) < 4.78 is 14.3.